The van der Waals surface area contributed by atoms with Crippen LogP contribution in [0.3, 0.4) is 0 Å². The summed E-state index contributed by atoms with van der Waals surface area (Å²) in [4.78, 5) is 4.47. The van der Waals surface area contributed by atoms with Crippen LogP contribution < -0.4 is 11.7 Å². The van der Waals surface area contributed by atoms with Crippen LogP contribution in [0.1, 0.15) is 0 Å². The molecule has 0 bridgehead atoms. The number of hydrazine groups is 2. The molecule has 0 amide bonds. The monoisotopic (exact) mass is 106 g/mol. The molecular formula is C2H10N4O. The first-order chi connectivity index (χ1) is 3.13. The summed E-state index contributed by atoms with van der Waals surface area (Å²) in [5.74, 6) is 9.97. The normalized spacial score (nSPS) is 11.1. The van der Waals surface area contributed by atoms with Crippen molar-refractivity contribution in [1.29, 1.82) is 0 Å². The molecule has 0 spiro atoms. The van der Waals surface area contributed by atoms with Crippen molar-refractivity contribution in [1.82, 2.24) is 10.3 Å². The number of hydroxylamine groups is 2. The minimum atomic E-state index is 1.00. The highest BCUT2D eigenvalue weighted by atomic mass is 16.9. The molecule has 5 nitrogen and oxygen atoms in total. The first kappa shape index (κ1) is 6.80. The molecule has 44 valence electrons. The van der Waals surface area contributed by atoms with Gasteiger partial charge in [0, 0.05) is 14.1 Å². The van der Waals surface area contributed by atoms with Gasteiger partial charge in [0.15, 0.2) is 0 Å². The predicted molar refractivity (Wildman–Crippen MR) is 25.0 cm³/mol. The Balaban J connectivity index is 2.95. The van der Waals surface area contributed by atoms with E-state index in [2.05, 4.69) is 4.94 Å². The van der Waals surface area contributed by atoms with Gasteiger partial charge in [0.2, 0.25) is 0 Å². The third kappa shape index (κ3) is 5.80. The van der Waals surface area contributed by atoms with Crippen molar-refractivity contribution in [2.24, 2.45) is 11.7 Å². The SMILES string of the molecule is CN(N)ON(C)N. The lowest BCUT2D eigenvalue weighted by molar-refractivity contribution is -0.309. The van der Waals surface area contributed by atoms with Gasteiger partial charge in [-0.15, -0.1) is 10.3 Å². The van der Waals surface area contributed by atoms with Crippen LogP contribution in [0, 0.1) is 0 Å². The first-order valence-corrected chi connectivity index (χ1v) is 1.78. The lowest BCUT2D eigenvalue weighted by atomic mass is 11.4. The smallest absolute Gasteiger partial charge is 0.0306 e. The van der Waals surface area contributed by atoms with E-state index >= 15 is 0 Å². The van der Waals surface area contributed by atoms with Crippen LogP contribution in [-0.2, 0) is 4.94 Å². The lowest BCUT2D eigenvalue weighted by Gasteiger charge is -2.13. The molecule has 0 aliphatic rings. The summed E-state index contributed by atoms with van der Waals surface area (Å²) in [5.41, 5.74) is 0. The number of nitrogens with two attached hydrogens (primary N) is 2. The largest absolute Gasteiger partial charge is 0.244 e. The zero-order chi connectivity index (χ0) is 5.86. The van der Waals surface area contributed by atoms with Crippen LogP contribution in [0.4, 0.5) is 0 Å². The Morgan fingerprint density at radius 1 is 1.14 bits per heavy atom. The maximum Gasteiger partial charge on any atom is 0.0306 e. The Bertz CT molecular complexity index is 39.0. The van der Waals surface area contributed by atoms with Crippen LogP contribution in [0.25, 0.3) is 0 Å². The quantitative estimate of drug-likeness (QED) is 0.329. The average molecular weight is 106 g/mol. The van der Waals surface area contributed by atoms with Gasteiger partial charge in [-0.05, 0) is 0 Å². The summed E-state index contributed by atoms with van der Waals surface area (Å²) in [6, 6.07) is 0. The van der Waals surface area contributed by atoms with Crippen molar-refractivity contribution < 1.29 is 4.94 Å². The molecule has 0 heterocycles. The maximum absolute atomic E-state index is 4.98. The number of rotatable bonds is 2. The molecule has 0 aliphatic heterocycles. The topological polar surface area (TPSA) is 67.8 Å². The van der Waals surface area contributed by atoms with Crippen molar-refractivity contribution in [2.75, 3.05) is 14.1 Å². The molecule has 0 saturated carbocycles. The van der Waals surface area contributed by atoms with Crippen LogP contribution in [0.5, 0.6) is 0 Å². The fraction of sp³-hybridized carbons (Fsp3) is 1.00. The summed E-state index contributed by atoms with van der Waals surface area (Å²) in [6.07, 6.45) is 0. The second kappa shape index (κ2) is 2.89. The van der Waals surface area contributed by atoms with E-state index in [1.54, 1.807) is 0 Å². The van der Waals surface area contributed by atoms with Gasteiger partial charge in [-0.1, -0.05) is 0 Å². The maximum atomic E-state index is 4.98. The number of hydrogen-bond donors (Lipinski definition) is 2. The molecule has 0 aromatic heterocycles. The molecule has 0 aromatic carbocycles. The minimum Gasteiger partial charge on any atom is -0.244 e. The Labute approximate surface area is 42.3 Å². The van der Waals surface area contributed by atoms with Gasteiger partial charge in [-0.3, -0.25) is 0 Å². The van der Waals surface area contributed by atoms with Crippen LogP contribution in [0.15, 0.2) is 0 Å². The highest BCUT2D eigenvalue weighted by molar-refractivity contribution is 3.96. The lowest BCUT2D eigenvalue weighted by Crippen LogP contribution is -2.38. The molecule has 4 N–H and O–H groups in total. The Morgan fingerprint density at radius 2 is 1.43 bits per heavy atom. The molecule has 7 heavy (non-hydrogen) atoms. The molecule has 0 aliphatic carbocycles. The Kier molecular flexibility index (Phi) is 2.81. The highest BCUT2D eigenvalue weighted by Crippen LogP contribution is 1.71. The van der Waals surface area contributed by atoms with Gasteiger partial charge in [0.25, 0.3) is 0 Å². The third-order valence-electron chi connectivity index (χ3n) is 0.258. The zero-order valence-electron chi connectivity index (χ0n) is 4.46. The van der Waals surface area contributed by atoms with E-state index < -0.39 is 0 Å². The van der Waals surface area contributed by atoms with E-state index in [-0.39, 0.29) is 0 Å². The second-order valence-corrected chi connectivity index (χ2v) is 1.17. The van der Waals surface area contributed by atoms with E-state index in [0.29, 0.717) is 0 Å². The average Bonchev–Trinajstić information content (AvgIpc) is 1.27. The Hall–Kier alpha value is -0.200. The van der Waals surface area contributed by atoms with Gasteiger partial charge in [0.1, 0.15) is 0 Å². The van der Waals surface area contributed by atoms with Crippen molar-refractivity contribution in [3.8, 4) is 0 Å². The van der Waals surface area contributed by atoms with Gasteiger partial charge in [-0.2, -0.15) is 4.94 Å². The summed E-state index contributed by atoms with van der Waals surface area (Å²) >= 11 is 0. The Morgan fingerprint density at radius 3 is 1.43 bits per heavy atom. The number of hydrogen-bond acceptors (Lipinski definition) is 5. The molecule has 0 saturated heterocycles. The van der Waals surface area contributed by atoms with E-state index in [1.807, 2.05) is 0 Å². The highest BCUT2D eigenvalue weighted by Gasteiger charge is 1.88. The fourth-order valence-corrected chi connectivity index (χ4v) is 0.203. The van der Waals surface area contributed by atoms with Gasteiger partial charge in [0.05, 0.1) is 0 Å². The van der Waals surface area contributed by atoms with Crippen molar-refractivity contribution in [2.45, 2.75) is 0 Å². The van der Waals surface area contributed by atoms with Gasteiger partial charge in [-0.25, -0.2) is 11.7 Å². The molecule has 0 rings (SSSR count). The van der Waals surface area contributed by atoms with E-state index in [0.717, 1.165) is 10.3 Å². The van der Waals surface area contributed by atoms with Crippen LogP contribution in [0.2, 0.25) is 0 Å². The number of nitrogens with zero attached hydrogens (tertiary/aromatic N) is 2. The van der Waals surface area contributed by atoms with Crippen molar-refractivity contribution in [3.63, 3.8) is 0 Å². The van der Waals surface area contributed by atoms with Gasteiger partial charge < -0.3 is 0 Å². The standard InChI is InChI=1S/C2H10N4O/c1-5(3)7-6(2)4/h3-4H2,1-2H3. The predicted octanol–water partition coefficient (Wildman–Crippen LogP) is -1.56. The summed E-state index contributed by atoms with van der Waals surface area (Å²) in [6.45, 7) is 0. The summed E-state index contributed by atoms with van der Waals surface area (Å²) in [5, 5.41) is 2.00. The fourth-order valence-electron chi connectivity index (χ4n) is 0.203. The molecule has 0 aromatic rings. The summed E-state index contributed by atoms with van der Waals surface area (Å²) in [7, 11) is 3.06. The molecular weight excluding hydrogens is 96.0 g/mol. The van der Waals surface area contributed by atoms with Crippen LogP contribution in [-0.4, -0.2) is 24.4 Å². The van der Waals surface area contributed by atoms with Crippen molar-refractivity contribution in [3.05, 3.63) is 0 Å². The second-order valence-electron chi connectivity index (χ2n) is 1.17. The third-order valence-corrected chi connectivity index (χ3v) is 0.258. The molecule has 0 atom stereocenters. The van der Waals surface area contributed by atoms with E-state index in [1.165, 1.54) is 14.1 Å². The molecule has 0 radical (unpaired) electrons. The molecule has 5 heteroatoms. The molecule has 0 fully saturated rings. The van der Waals surface area contributed by atoms with Crippen molar-refractivity contribution >= 4 is 0 Å². The van der Waals surface area contributed by atoms with E-state index in [9.17, 15) is 0 Å². The first-order valence-electron chi connectivity index (χ1n) is 1.78. The minimum absolute atomic E-state index is 1.00. The molecule has 0 unspecified atom stereocenters. The van der Waals surface area contributed by atoms with Crippen LogP contribution >= 0.6 is 0 Å². The summed E-state index contributed by atoms with van der Waals surface area (Å²) < 4.78 is 0. The van der Waals surface area contributed by atoms with Gasteiger partial charge >= 0.3 is 0 Å². The zero-order valence-corrected chi connectivity index (χ0v) is 4.46. The van der Waals surface area contributed by atoms with E-state index in [4.69, 9.17) is 11.7 Å².